The van der Waals surface area contributed by atoms with Crippen molar-refractivity contribution in [2.24, 2.45) is 11.8 Å². The Morgan fingerprint density at radius 1 is 1.15 bits per heavy atom. The number of esters is 1. The molecule has 7 heteroatoms. The fraction of sp³-hybridized carbons (Fsp3) is 0.632. The van der Waals surface area contributed by atoms with Gasteiger partial charge in [-0.25, -0.2) is 4.79 Å². The van der Waals surface area contributed by atoms with Crippen LogP contribution in [0.1, 0.15) is 48.9 Å². The predicted octanol–water partition coefficient (Wildman–Crippen LogP) is 4.10. The van der Waals surface area contributed by atoms with Crippen LogP contribution in [0.15, 0.2) is 24.3 Å². The van der Waals surface area contributed by atoms with Gasteiger partial charge in [-0.3, -0.25) is 10.1 Å². The number of alkyl halides is 1. The molecule has 0 amide bonds. The zero-order chi connectivity index (χ0) is 18.4. The number of nitrogens with zero attached hydrogens (tertiary/aromatic N) is 1. The zero-order valence-electron chi connectivity index (χ0n) is 14.5. The summed E-state index contributed by atoms with van der Waals surface area (Å²) in [5.74, 6) is 0.829. The van der Waals surface area contributed by atoms with Crippen molar-refractivity contribution in [1.29, 1.82) is 0 Å². The third-order valence-electron chi connectivity index (χ3n) is 5.97. The monoisotopic (exact) mass is 379 g/mol. The first-order valence-corrected chi connectivity index (χ1v) is 9.49. The van der Waals surface area contributed by atoms with Gasteiger partial charge in [0.15, 0.2) is 0 Å². The van der Waals surface area contributed by atoms with E-state index in [9.17, 15) is 14.9 Å². The standard InChI is InChI=1S/C19H22ClNO5/c20-18-8-13-7-14(9-18)11-19(10-13,12-18)26-6-5-25-17(22)15-1-3-16(4-2-15)21(23)24/h1-4,13-14H,5-12H2. The number of hydrogen-bond donors (Lipinski definition) is 0. The summed E-state index contributed by atoms with van der Waals surface area (Å²) < 4.78 is 11.4. The highest BCUT2D eigenvalue weighted by molar-refractivity contribution is 6.24. The molecule has 26 heavy (non-hydrogen) atoms. The van der Waals surface area contributed by atoms with Gasteiger partial charge in [-0.05, 0) is 62.5 Å². The van der Waals surface area contributed by atoms with Crippen LogP contribution in [-0.2, 0) is 9.47 Å². The molecule has 6 nitrogen and oxygen atoms in total. The number of carbonyl (C=O) groups excluding carboxylic acids is 1. The number of nitro benzene ring substituents is 1. The molecule has 0 N–H and O–H groups in total. The molecule has 0 heterocycles. The highest BCUT2D eigenvalue weighted by Crippen LogP contribution is 2.61. The largest absolute Gasteiger partial charge is 0.460 e. The summed E-state index contributed by atoms with van der Waals surface area (Å²) in [5.41, 5.74) is 0.0952. The van der Waals surface area contributed by atoms with Crippen molar-refractivity contribution in [3.05, 3.63) is 39.9 Å². The average Bonchev–Trinajstić information content (AvgIpc) is 2.56. The number of non-ortho nitro benzene ring substituents is 1. The van der Waals surface area contributed by atoms with Gasteiger partial charge in [0.1, 0.15) is 6.61 Å². The summed E-state index contributed by atoms with van der Waals surface area (Å²) in [4.78, 5) is 22.1. The molecule has 0 spiro atoms. The van der Waals surface area contributed by atoms with E-state index in [1.807, 2.05) is 0 Å². The van der Waals surface area contributed by atoms with E-state index in [1.54, 1.807) is 0 Å². The second-order valence-electron chi connectivity index (χ2n) is 8.08. The predicted molar refractivity (Wildman–Crippen MR) is 95.3 cm³/mol. The van der Waals surface area contributed by atoms with Gasteiger partial charge in [0.25, 0.3) is 5.69 Å². The third kappa shape index (κ3) is 3.45. The maximum atomic E-state index is 12.0. The molecule has 4 aliphatic carbocycles. The number of halogens is 1. The minimum Gasteiger partial charge on any atom is -0.460 e. The van der Waals surface area contributed by atoms with E-state index in [2.05, 4.69) is 0 Å². The van der Waals surface area contributed by atoms with Gasteiger partial charge in [-0.15, -0.1) is 11.6 Å². The van der Waals surface area contributed by atoms with Crippen LogP contribution in [0.5, 0.6) is 0 Å². The normalized spacial score (nSPS) is 34.7. The Morgan fingerprint density at radius 3 is 2.38 bits per heavy atom. The Morgan fingerprint density at radius 2 is 1.81 bits per heavy atom. The summed E-state index contributed by atoms with van der Waals surface area (Å²) in [7, 11) is 0. The average molecular weight is 380 g/mol. The van der Waals surface area contributed by atoms with E-state index in [0.717, 1.165) is 32.1 Å². The lowest BCUT2D eigenvalue weighted by atomic mass is 9.54. The van der Waals surface area contributed by atoms with Gasteiger partial charge in [0.2, 0.25) is 0 Å². The molecule has 1 aromatic carbocycles. The highest BCUT2D eigenvalue weighted by Gasteiger charge is 2.57. The van der Waals surface area contributed by atoms with Crippen molar-refractivity contribution < 1.29 is 19.2 Å². The second-order valence-corrected chi connectivity index (χ2v) is 8.89. The SMILES string of the molecule is O=C(OCCOC12CC3CC(CC(Cl)(C3)C1)C2)c1ccc([N+](=O)[O-])cc1. The van der Waals surface area contributed by atoms with Gasteiger partial charge in [0, 0.05) is 17.0 Å². The van der Waals surface area contributed by atoms with Crippen LogP contribution in [0.4, 0.5) is 5.69 Å². The Hall–Kier alpha value is -1.66. The van der Waals surface area contributed by atoms with Crippen LogP contribution in [0.3, 0.4) is 0 Å². The summed E-state index contributed by atoms with van der Waals surface area (Å²) in [6.45, 7) is 0.521. The van der Waals surface area contributed by atoms with E-state index in [0.29, 0.717) is 24.0 Å². The molecule has 2 unspecified atom stereocenters. The van der Waals surface area contributed by atoms with Crippen molar-refractivity contribution in [2.75, 3.05) is 13.2 Å². The smallest absolute Gasteiger partial charge is 0.338 e. The molecule has 4 aliphatic rings. The lowest BCUT2D eigenvalue weighted by Crippen LogP contribution is -2.58. The van der Waals surface area contributed by atoms with Crippen LogP contribution in [-0.4, -0.2) is 34.6 Å². The van der Waals surface area contributed by atoms with Crippen LogP contribution in [0.25, 0.3) is 0 Å². The number of ether oxygens (including phenoxy) is 2. The van der Waals surface area contributed by atoms with Crippen molar-refractivity contribution in [3.8, 4) is 0 Å². The van der Waals surface area contributed by atoms with Gasteiger partial charge < -0.3 is 9.47 Å². The van der Waals surface area contributed by atoms with E-state index < -0.39 is 10.9 Å². The maximum absolute atomic E-state index is 12.0. The summed E-state index contributed by atoms with van der Waals surface area (Å²) in [6, 6.07) is 5.39. The second kappa shape index (κ2) is 6.50. The van der Waals surface area contributed by atoms with Crippen LogP contribution in [0.2, 0.25) is 0 Å². The first-order chi connectivity index (χ1) is 12.4. The molecule has 140 valence electrons. The van der Waals surface area contributed by atoms with Crippen LogP contribution < -0.4 is 0 Å². The molecular formula is C19H22ClNO5. The lowest BCUT2D eigenvalue weighted by molar-refractivity contribution is -0.384. The lowest BCUT2D eigenvalue weighted by Gasteiger charge is -2.59. The first-order valence-electron chi connectivity index (χ1n) is 9.11. The minimum atomic E-state index is -0.502. The van der Waals surface area contributed by atoms with E-state index >= 15 is 0 Å². The number of carbonyl (C=O) groups is 1. The molecule has 0 radical (unpaired) electrons. The Bertz CT molecular complexity index is 705. The van der Waals surface area contributed by atoms with Gasteiger partial charge >= 0.3 is 5.97 Å². The fourth-order valence-corrected chi connectivity index (χ4v) is 6.11. The number of benzene rings is 1. The Labute approximate surface area is 157 Å². The molecule has 2 atom stereocenters. The molecule has 1 aromatic rings. The fourth-order valence-electron chi connectivity index (χ4n) is 5.43. The summed E-state index contributed by atoms with van der Waals surface area (Å²) >= 11 is 6.79. The molecule has 0 aliphatic heterocycles. The summed E-state index contributed by atoms with van der Waals surface area (Å²) in [5, 5.41) is 10.6. The van der Waals surface area contributed by atoms with E-state index in [-0.39, 0.29) is 22.8 Å². The van der Waals surface area contributed by atoms with Crippen molar-refractivity contribution >= 4 is 23.3 Å². The topological polar surface area (TPSA) is 78.7 Å². The van der Waals surface area contributed by atoms with Gasteiger partial charge in [0.05, 0.1) is 22.7 Å². The van der Waals surface area contributed by atoms with Gasteiger partial charge in [-0.1, -0.05) is 0 Å². The molecule has 4 bridgehead atoms. The Balaban J connectivity index is 1.27. The Kier molecular flexibility index (Phi) is 4.43. The molecule has 5 rings (SSSR count). The van der Waals surface area contributed by atoms with Crippen LogP contribution in [0, 0.1) is 22.0 Å². The highest BCUT2D eigenvalue weighted by atomic mass is 35.5. The van der Waals surface area contributed by atoms with Crippen molar-refractivity contribution in [1.82, 2.24) is 0 Å². The number of hydrogen-bond acceptors (Lipinski definition) is 5. The quantitative estimate of drug-likeness (QED) is 0.244. The first kappa shape index (κ1) is 17.7. The van der Waals surface area contributed by atoms with E-state index in [1.165, 1.54) is 30.7 Å². The molecule has 4 fully saturated rings. The van der Waals surface area contributed by atoms with Crippen molar-refractivity contribution in [3.63, 3.8) is 0 Å². The zero-order valence-corrected chi connectivity index (χ0v) is 15.2. The van der Waals surface area contributed by atoms with Gasteiger partial charge in [-0.2, -0.15) is 0 Å². The van der Waals surface area contributed by atoms with Crippen molar-refractivity contribution in [2.45, 2.75) is 49.0 Å². The molecule has 4 saturated carbocycles. The minimum absolute atomic E-state index is 0.0540. The van der Waals surface area contributed by atoms with Crippen LogP contribution >= 0.6 is 11.6 Å². The molecule has 0 saturated heterocycles. The molecular weight excluding hydrogens is 358 g/mol. The third-order valence-corrected chi connectivity index (χ3v) is 6.42. The number of nitro groups is 1. The van der Waals surface area contributed by atoms with E-state index in [4.69, 9.17) is 21.1 Å². The maximum Gasteiger partial charge on any atom is 0.338 e. The molecule has 0 aromatic heterocycles. The number of rotatable bonds is 6. The summed E-state index contributed by atoms with van der Waals surface area (Å²) in [6.07, 6.45) is 6.50.